The van der Waals surface area contributed by atoms with Gasteiger partial charge in [-0.1, -0.05) is 29.3 Å². The van der Waals surface area contributed by atoms with E-state index in [-0.39, 0.29) is 21.4 Å². The van der Waals surface area contributed by atoms with E-state index in [1.54, 1.807) is 80.8 Å². The molecule has 0 saturated heterocycles. The average molecular weight is 577 g/mol. The number of amides is 3. The summed E-state index contributed by atoms with van der Waals surface area (Å²) in [4.78, 5) is 35.9. The first kappa shape index (κ1) is 29.7. The van der Waals surface area contributed by atoms with Gasteiger partial charge in [0.1, 0.15) is 0 Å². The van der Waals surface area contributed by atoms with Gasteiger partial charge in [0.05, 0.1) is 0 Å². The van der Waals surface area contributed by atoms with E-state index in [1.807, 2.05) is 0 Å². The molecule has 8 nitrogen and oxygen atoms in total. The van der Waals surface area contributed by atoms with Crippen LogP contribution < -0.4 is 21.3 Å². The van der Waals surface area contributed by atoms with E-state index in [0.717, 1.165) is 6.41 Å². The van der Waals surface area contributed by atoms with Crippen molar-refractivity contribution < 1.29 is 14.4 Å². The third kappa shape index (κ3) is 10.9. The summed E-state index contributed by atoms with van der Waals surface area (Å²) >= 11 is 22.0. The molecule has 3 aromatic carbocycles. The number of hydrogen-bond acceptors (Lipinski definition) is 5. The molecule has 12 heteroatoms. The smallest absolute Gasteiger partial charge is 0.257 e. The molecule has 0 aliphatic carbocycles. The lowest BCUT2D eigenvalue weighted by Crippen LogP contribution is -2.35. The fraction of sp³-hybridized carbons (Fsp3) is 0.0800. The van der Waals surface area contributed by atoms with Crippen LogP contribution in [0.1, 0.15) is 20.7 Å². The minimum Gasteiger partial charge on any atom is -0.351 e. The Kier molecular flexibility index (Phi) is 11.9. The molecule has 0 bridgehead atoms. The average Bonchev–Trinajstić information content (AvgIpc) is 2.87. The van der Waals surface area contributed by atoms with Gasteiger partial charge >= 0.3 is 0 Å². The fourth-order valence-electron chi connectivity index (χ4n) is 2.54. The van der Waals surface area contributed by atoms with Crippen LogP contribution >= 0.6 is 47.6 Å². The molecule has 4 N–H and O–H groups in total. The number of rotatable bonds is 5. The number of benzene rings is 3. The molecular weight excluding hydrogens is 553 g/mol. The lowest BCUT2D eigenvalue weighted by molar-refractivity contribution is -0.115. The third-order valence-corrected chi connectivity index (χ3v) is 5.17. The van der Waals surface area contributed by atoms with E-state index in [4.69, 9.17) is 47.6 Å². The molecule has 0 heterocycles. The number of carbonyl (C=O) groups excluding carboxylic acids is 3. The molecule has 0 radical (unpaired) electrons. The predicted octanol–water partition coefficient (Wildman–Crippen LogP) is 4.95. The Balaban J connectivity index is 0.000000877. The third-order valence-electron chi connectivity index (χ3n) is 4.26. The van der Waals surface area contributed by atoms with Gasteiger partial charge in [0.25, 0.3) is 11.8 Å². The SMILES string of the molecule is CN(C)C=O.O=C(NC(=S)Nc1ccc(Cl)cc1)c1cccc(C(=O)NC(=S)Nc2ccc(Cl)cc2)c1. The number of hydrogen-bond donors (Lipinski definition) is 4. The molecule has 3 aromatic rings. The van der Waals surface area contributed by atoms with Crippen LogP contribution in [0.5, 0.6) is 0 Å². The zero-order valence-electron chi connectivity index (χ0n) is 19.7. The number of nitrogens with one attached hydrogen (secondary N) is 4. The summed E-state index contributed by atoms with van der Waals surface area (Å²) in [7, 11) is 3.38. The summed E-state index contributed by atoms with van der Waals surface area (Å²) in [6, 6.07) is 19.9. The van der Waals surface area contributed by atoms with Crippen molar-refractivity contribution in [3.05, 3.63) is 94.0 Å². The predicted molar refractivity (Wildman–Crippen MR) is 156 cm³/mol. The quantitative estimate of drug-likeness (QED) is 0.252. The topological polar surface area (TPSA) is 103 Å². The van der Waals surface area contributed by atoms with Crippen LogP contribution in [-0.4, -0.2) is 47.4 Å². The Bertz CT molecular complexity index is 1180. The highest BCUT2D eigenvalue weighted by atomic mass is 35.5. The Hall–Kier alpha value is -3.57. The summed E-state index contributed by atoms with van der Waals surface area (Å²) in [5.74, 6) is -0.930. The minimum absolute atomic E-state index is 0.112. The van der Waals surface area contributed by atoms with Gasteiger partial charge in [-0.25, -0.2) is 0 Å². The van der Waals surface area contributed by atoms with Crippen molar-refractivity contribution in [2.45, 2.75) is 0 Å². The largest absolute Gasteiger partial charge is 0.351 e. The highest BCUT2D eigenvalue weighted by molar-refractivity contribution is 7.80. The number of carbonyl (C=O) groups is 3. The summed E-state index contributed by atoms with van der Waals surface area (Å²) in [5, 5.41) is 12.3. The van der Waals surface area contributed by atoms with E-state index >= 15 is 0 Å². The molecule has 0 saturated carbocycles. The van der Waals surface area contributed by atoms with Gasteiger partial charge in [0.2, 0.25) is 6.41 Å². The first-order valence-electron chi connectivity index (χ1n) is 10.5. The number of nitrogens with zero attached hydrogens (tertiary/aromatic N) is 1. The van der Waals surface area contributed by atoms with E-state index in [0.29, 0.717) is 21.4 Å². The zero-order valence-corrected chi connectivity index (χ0v) is 22.9. The van der Waals surface area contributed by atoms with Gasteiger partial charge in [0.15, 0.2) is 10.2 Å². The maximum Gasteiger partial charge on any atom is 0.257 e. The monoisotopic (exact) mass is 575 g/mol. The van der Waals surface area contributed by atoms with Gasteiger partial charge in [-0.3, -0.25) is 25.0 Å². The second-order valence-corrected chi connectivity index (χ2v) is 9.17. The summed E-state index contributed by atoms with van der Waals surface area (Å²) < 4.78 is 0. The normalized spacial score (nSPS) is 9.62. The highest BCUT2D eigenvalue weighted by Crippen LogP contribution is 2.14. The first-order chi connectivity index (χ1) is 17.6. The van der Waals surface area contributed by atoms with Crippen molar-refractivity contribution in [2.24, 2.45) is 0 Å². The molecule has 3 amide bonds. The van der Waals surface area contributed by atoms with E-state index in [1.165, 1.54) is 11.0 Å². The van der Waals surface area contributed by atoms with Gasteiger partial charge in [-0.2, -0.15) is 0 Å². The lowest BCUT2D eigenvalue weighted by Gasteiger charge is -2.11. The summed E-state index contributed by atoms with van der Waals surface area (Å²) in [5.41, 5.74) is 1.87. The van der Waals surface area contributed by atoms with E-state index in [2.05, 4.69) is 21.3 Å². The Morgan fingerprint density at radius 1 is 0.730 bits per heavy atom. The Morgan fingerprint density at radius 2 is 1.08 bits per heavy atom. The molecule has 3 rings (SSSR count). The second kappa shape index (κ2) is 14.9. The molecular formula is C25H23Cl2N5O3S2. The highest BCUT2D eigenvalue weighted by Gasteiger charge is 2.13. The maximum atomic E-state index is 12.5. The summed E-state index contributed by atoms with van der Waals surface area (Å²) in [6.45, 7) is 0. The van der Waals surface area contributed by atoms with Crippen LogP contribution in [0, 0.1) is 0 Å². The van der Waals surface area contributed by atoms with Gasteiger partial charge in [-0.15, -0.1) is 0 Å². The molecule has 0 atom stereocenters. The molecule has 0 aliphatic heterocycles. The van der Waals surface area contributed by atoms with Crippen LogP contribution in [0.25, 0.3) is 0 Å². The minimum atomic E-state index is -0.465. The van der Waals surface area contributed by atoms with Crippen LogP contribution in [0.4, 0.5) is 11.4 Å². The van der Waals surface area contributed by atoms with Crippen molar-refractivity contribution in [1.29, 1.82) is 0 Å². The van der Waals surface area contributed by atoms with Crippen molar-refractivity contribution >= 4 is 87.5 Å². The first-order valence-corrected chi connectivity index (χ1v) is 12.1. The molecule has 0 fully saturated rings. The molecule has 192 valence electrons. The molecule has 0 aromatic heterocycles. The number of halogens is 2. The van der Waals surface area contributed by atoms with Crippen molar-refractivity contribution in [3.8, 4) is 0 Å². The van der Waals surface area contributed by atoms with Crippen LogP contribution in [-0.2, 0) is 4.79 Å². The fourth-order valence-corrected chi connectivity index (χ4v) is 3.22. The second-order valence-electron chi connectivity index (χ2n) is 7.48. The van der Waals surface area contributed by atoms with Crippen molar-refractivity contribution in [1.82, 2.24) is 15.5 Å². The van der Waals surface area contributed by atoms with Crippen LogP contribution in [0.3, 0.4) is 0 Å². The summed E-state index contributed by atoms with van der Waals surface area (Å²) in [6.07, 6.45) is 0.750. The Labute approximate surface area is 235 Å². The molecule has 0 spiro atoms. The van der Waals surface area contributed by atoms with Gasteiger partial charge < -0.3 is 15.5 Å². The number of anilines is 2. The van der Waals surface area contributed by atoms with Gasteiger partial charge in [-0.05, 0) is 91.2 Å². The van der Waals surface area contributed by atoms with Gasteiger partial charge in [0, 0.05) is 46.6 Å². The molecule has 37 heavy (non-hydrogen) atoms. The zero-order chi connectivity index (χ0) is 27.4. The molecule has 0 aliphatic rings. The standard InChI is InChI=1S/C22H16Cl2N4O2S2.C3H7NO/c23-15-4-8-17(9-5-15)25-21(31)27-19(29)13-2-1-3-14(12-13)20(30)28-22(32)26-18-10-6-16(24)7-11-18;1-4(2)3-5/h1-12H,(H2,25,27,29,31)(H2,26,28,30,32);3H,1-2H3. The van der Waals surface area contributed by atoms with E-state index < -0.39 is 11.8 Å². The lowest BCUT2D eigenvalue weighted by atomic mass is 10.1. The van der Waals surface area contributed by atoms with Crippen LogP contribution in [0.15, 0.2) is 72.8 Å². The molecule has 0 unspecified atom stereocenters. The Morgan fingerprint density at radius 3 is 1.41 bits per heavy atom. The maximum absolute atomic E-state index is 12.5. The van der Waals surface area contributed by atoms with Crippen LogP contribution in [0.2, 0.25) is 10.0 Å². The number of thiocarbonyl (C=S) groups is 2. The van der Waals surface area contributed by atoms with Crippen molar-refractivity contribution in [2.75, 3.05) is 24.7 Å². The van der Waals surface area contributed by atoms with Crippen molar-refractivity contribution in [3.63, 3.8) is 0 Å². The van der Waals surface area contributed by atoms with E-state index in [9.17, 15) is 14.4 Å².